The Balaban J connectivity index is 2.12. The molecule has 2 rings (SSSR count). The van der Waals surface area contributed by atoms with Gasteiger partial charge >= 0.3 is 0 Å². The first-order valence-corrected chi connectivity index (χ1v) is 6.82. The van der Waals surface area contributed by atoms with Crippen LogP contribution in [0, 0.1) is 5.82 Å². The highest BCUT2D eigenvalue weighted by molar-refractivity contribution is 9.10. The van der Waals surface area contributed by atoms with Crippen molar-refractivity contribution in [2.45, 2.75) is 19.6 Å². The van der Waals surface area contributed by atoms with Gasteiger partial charge in [-0.05, 0) is 46.6 Å². The summed E-state index contributed by atoms with van der Waals surface area (Å²) in [4.78, 5) is 0. The standard InChI is InChI=1S/C15H15BrFNO/c1-10(19)12-4-2-3-5-15(12)18-9-11-6-7-14(17)13(16)8-11/h2-8,10,18-19H,9H2,1H3. The zero-order chi connectivity index (χ0) is 13.8. The Morgan fingerprint density at radius 1 is 1.26 bits per heavy atom. The fourth-order valence-corrected chi connectivity index (χ4v) is 2.30. The Bertz CT molecular complexity index is 572. The van der Waals surface area contributed by atoms with Gasteiger partial charge in [-0.2, -0.15) is 0 Å². The van der Waals surface area contributed by atoms with Crippen LogP contribution in [0.1, 0.15) is 24.2 Å². The lowest BCUT2D eigenvalue weighted by Crippen LogP contribution is -2.04. The minimum absolute atomic E-state index is 0.270. The molecule has 0 amide bonds. The summed E-state index contributed by atoms with van der Waals surface area (Å²) >= 11 is 3.17. The van der Waals surface area contributed by atoms with E-state index in [0.717, 1.165) is 16.8 Å². The van der Waals surface area contributed by atoms with Crippen LogP contribution in [-0.4, -0.2) is 5.11 Å². The van der Waals surface area contributed by atoms with E-state index < -0.39 is 6.10 Å². The third-order valence-corrected chi connectivity index (χ3v) is 3.49. The summed E-state index contributed by atoms with van der Waals surface area (Å²) in [6.45, 7) is 2.30. The fourth-order valence-electron chi connectivity index (χ4n) is 1.87. The summed E-state index contributed by atoms with van der Waals surface area (Å²) in [5.41, 5.74) is 2.70. The molecule has 19 heavy (non-hydrogen) atoms. The summed E-state index contributed by atoms with van der Waals surface area (Å²) in [6, 6.07) is 12.5. The molecular formula is C15H15BrFNO. The fraction of sp³-hybridized carbons (Fsp3) is 0.200. The van der Waals surface area contributed by atoms with E-state index in [9.17, 15) is 9.50 Å². The quantitative estimate of drug-likeness (QED) is 0.881. The molecule has 2 aromatic carbocycles. The molecule has 0 bridgehead atoms. The third kappa shape index (κ3) is 3.55. The third-order valence-electron chi connectivity index (χ3n) is 2.88. The second-order valence-corrected chi connectivity index (χ2v) is 5.22. The smallest absolute Gasteiger partial charge is 0.137 e. The topological polar surface area (TPSA) is 32.3 Å². The first kappa shape index (κ1) is 14.0. The number of hydrogen-bond donors (Lipinski definition) is 2. The summed E-state index contributed by atoms with van der Waals surface area (Å²) in [7, 11) is 0. The van der Waals surface area contributed by atoms with Crippen molar-refractivity contribution in [1.82, 2.24) is 0 Å². The van der Waals surface area contributed by atoms with Gasteiger partial charge in [0.15, 0.2) is 0 Å². The van der Waals surface area contributed by atoms with E-state index in [4.69, 9.17) is 0 Å². The molecule has 0 radical (unpaired) electrons. The molecule has 4 heteroatoms. The Hall–Kier alpha value is -1.39. The molecule has 2 N–H and O–H groups in total. The van der Waals surface area contributed by atoms with Gasteiger partial charge in [-0.15, -0.1) is 0 Å². The van der Waals surface area contributed by atoms with Crippen molar-refractivity contribution < 1.29 is 9.50 Å². The van der Waals surface area contributed by atoms with Crippen LogP contribution in [0.5, 0.6) is 0 Å². The first-order valence-electron chi connectivity index (χ1n) is 6.02. The van der Waals surface area contributed by atoms with Gasteiger partial charge in [-0.3, -0.25) is 0 Å². The lowest BCUT2D eigenvalue weighted by Gasteiger charge is -2.14. The van der Waals surface area contributed by atoms with Crippen LogP contribution in [0.2, 0.25) is 0 Å². The van der Waals surface area contributed by atoms with Crippen molar-refractivity contribution in [2.24, 2.45) is 0 Å². The maximum atomic E-state index is 13.1. The Labute approximate surface area is 120 Å². The monoisotopic (exact) mass is 323 g/mol. The molecule has 2 nitrogen and oxygen atoms in total. The van der Waals surface area contributed by atoms with Crippen LogP contribution in [0.3, 0.4) is 0 Å². The SMILES string of the molecule is CC(O)c1ccccc1NCc1ccc(F)c(Br)c1. The Kier molecular flexibility index (Phi) is 4.56. The van der Waals surface area contributed by atoms with Gasteiger partial charge in [-0.25, -0.2) is 4.39 Å². The van der Waals surface area contributed by atoms with Crippen molar-refractivity contribution >= 4 is 21.6 Å². The van der Waals surface area contributed by atoms with Gasteiger partial charge in [0.2, 0.25) is 0 Å². The van der Waals surface area contributed by atoms with Crippen LogP contribution in [0.4, 0.5) is 10.1 Å². The predicted molar refractivity (Wildman–Crippen MR) is 78.5 cm³/mol. The van der Waals surface area contributed by atoms with Gasteiger partial charge in [0, 0.05) is 17.8 Å². The number of halogens is 2. The largest absolute Gasteiger partial charge is 0.389 e. The number of rotatable bonds is 4. The number of benzene rings is 2. The van der Waals surface area contributed by atoms with Gasteiger partial charge < -0.3 is 10.4 Å². The van der Waals surface area contributed by atoms with E-state index in [-0.39, 0.29) is 5.82 Å². The number of nitrogens with one attached hydrogen (secondary N) is 1. The second-order valence-electron chi connectivity index (χ2n) is 4.37. The Morgan fingerprint density at radius 2 is 2.00 bits per heavy atom. The van der Waals surface area contributed by atoms with Crippen LogP contribution in [0.25, 0.3) is 0 Å². The molecule has 1 unspecified atom stereocenters. The molecule has 0 aliphatic rings. The molecule has 0 aliphatic carbocycles. The van der Waals surface area contributed by atoms with E-state index in [2.05, 4.69) is 21.2 Å². The molecule has 100 valence electrons. The highest BCUT2D eigenvalue weighted by atomic mass is 79.9. The van der Waals surface area contributed by atoms with Gasteiger partial charge in [0.25, 0.3) is 0 Å². The number of anilines is 1. The van der Waals surface area contributed by atoms with Crippen LogP contribution in [-0.2, 0) is 6.54 Å². The van der Waals surface area contributed by atoms with Crippen molar-refractivity contribution in [1.29, 1.82) is 0 Å². The normalized spacial score (nSPS) is 12.2. The molecule has 0 heterocycles. The Morgan fingerprint density at radius 3 is 2.68 bits per heavy atom. The molecular weight excluding hydrogens is 309 g/mol. The van der Waals surface area contributed by atoms with Gasteiger partial charge in [0.05, 0.1) is 10.6 Å². The van der Waals surface area contributed by atoms with Crippen molar-refractivity contribution in [3.8, 4) is 0 Å². The zero-order valence-electron chi connectivity index (χ0n) is 10.5. The van der Waals surface area contributed by atoms with E-state index in [1.54, 1.807) is 19.1 Å². The summed E-state index contributed by atoms with van der Waals surface area (Å²) < 4.78 is 13.6. The highest BCUT2D eigenvalue weighted by Gasteiger charge is 2.07. The molecule has 2 aromatic rings. The number of aliphatic hydroxyl groups excluding tert-OH is 1. The molecule has 0 saturated carbocycles. The summed E-state index contributed by atoms with van der Waals surface area (Å²) in [5.74, 6) is -0.270. The van der Waals surface area contributed by atoms with E-state index in [0.29, 0.717) is 11.0 Å². The molecule has 0 spiro atoms. The molecule has 0 fully saturated rings. The first-order chi connectivity index (χ1) is 9.08. The van der Waals surface area contributed by atoms with E-state index in [1.165, 1.54) is 6.07 Å². The lowest BCUT2D eigenvalue weighted by atomic mass is 10.1. The van der Waals surface area contributed by atoms with Crippen molar-refractivity contribution in [3.05, 3.63) is 63.9 Å². The minimum Gasteiger partial charge on any atom is -0.389 e. The van der Waals surface area contributed by atoms with Crippen LogP contribution < -0.4 is 5.32 Å². The molecule has 0 saturated heterocycles. The van der Waals surface area contributed by atoms with Gasteiger partial charge in [-0.1, -0.05) is 24.3 Å². The average molecular weight is 324 g/mol. The minimum atomic E-state index is -0.524. The maximum Gasteiger partial charge on any atom is 0.137 e. The maximum absolute atomic E-state index is 13.1. The second kappa shape index (κ2) is 6.17. The van der Waals surface area contributed by atoms with E-state index in [1.807, 2.05) is 24.3 Å². The molecule has 1 atom stereocenters. The summed E-state index contributed by atoms with van der Waals surface area (Å²) in [6.07, 6.45) is -0.524. The molecule has 0 aromatic heterocycles. The molecule has 0 aliphatic heterocycles. The van der Waals surface area contributed by atoms with Crippen LogP contribution in [0.15, 0.2) is 46.9 Å². The van der Waals surface area contributed by atoms with Gasteiger partial charge in [0.1, 0.15) is 5.82 Å². The van der Waals surface area contributed by atoms with Crippen LogP contribution >= 0.6 is 15.9 Å². The average Bonchev–Trinajstić information content (AvgIpc) is 2.40. The number of hydrogen-bond acceptors (Lipinski definition) is 2. The predicted octanol–water partition coefficient (Wildman–Crippen LogP) is 4.25. The highest BCUT2D eigenvalue weighted by Crippen LogP contribution is 2.23. The lowest BCUT2D eigenvalue weighted by molar-refractivity contribution is 0.200. The van der Waals surface area contributed by atoms with Crippen molar-refractivity contribution in [2.75, 3.05) is 5.32 Å². The number of aliphatic hydroxyl groups is 1. The zero-order valence-corrected chi connectivity index (χ0v) is 12.1. The van der Waals surface area contributed by atoms with Crippen molar-refractivity contribution in [3.63, 3.8) is 0 Å². The summed E-state index contributed by atoms with van der Waals surface area (Å²) in [5, 5.41) is 12.9. The van der Waals surface area contributed by atoms with E-state index >= 15 is 0 Å². The number of para-hydroxylation sites is 1.